The summed E-state index contributed by atoms with van der Waals surface area (Å²) in [7, 11) is -3.43. The molecule has 2 aliphatic heterocycles. The summed E-state index contributed by atoms with van der Waals surface area (Å²) < 4.78 is 29.4. The fourth-order valence-electron chi connectivity index (χ4n) is 3.24. The summed E-state index contributed by atoms with van der Waals surface area (Å²) in [4.78, 5) is 27.0. The predicted octanol–water partition coefficient (Wildman–Crippen LogP) is 1.13. The minimum Gasteiger partial charge on any atom is -0.461 e. The number of rotatable bonds is 5. The fraction of sp³-hybridized carbons (Fsp3) is 0.500. The lowest BCUT2D eigenvalue weighted by Gasteiger charge is -2.37. The van der Waals surface area contributed by atoms with E-state index in [4.69, 9.17) is 4.74 Å². The number of para-hydroxylation sites is 1. The van der Waals surface area contributed by atoms with Crippen LogP contribution in [0.15, 0.2) is 35.4 Å². The Labute approximate surface area is 168 Å². The number of hydrogen-bond acceptors (Lipinski definition) is 8. The topological polar surface area (TPSA) is 96.3 Å². The molecule has 1 saturated heterocycles. The summed E-state index contributed by atoms with van der Waals surface area (Å²) in [5.74, 6) is 0.102. The van der Waals surface area contributed by atoms with E-state index in [1.807, 2.05) is 18.2 Å². The van der Waals surface area contributed by atoms with Gasteiger partial charge in [0.05, 0.1) is 12.3 Å². The van der Waals surface area contributed by atoms with Crippen LogP contribution < -0.4 is 5.01 Å². The van der Waals surface area contributed by atoms with Crippen molar-refractivity contribution in [2.75, 3.05) is 35.9 Å². The lowest BCUT2D eigenvalue weighted by atomic mass is 10.1. The zero-order chi connectivity index (χ0) is 20.3. The molecule has 1 aromatic rings. The van der Waals surface area contributed by atoms with Crippen LogP contribution in [0.2, 0.25) is 0 Å². The number of carbonyl (C=O) groups excluding carboxylic acids is 2. The Balaban J connectivity index is 1.92. The normalized spacial score (nSPS) is 22.7. The van der Waals surface area contributed by atoms with Crippen molar-refractivity contribution in [2.24, 2.45) is 5.10 Å². The molecule has 3 rings (SSSR count). The molecule has 1 aromatic carbocycles. The van der Waals surface area contributed by atoms with Crippen LogP contribution in [0, 0.1) is 0 Å². The maximum Gasteiger partial charge on any atom is 0.354 e. The summed E-state index contributed by atoms with van der Waals surface area (Å²) >= 11 is 1.51. The highest BCUT2D eigenvalue weighted by molar-refractivity contribution is 8.00. The van der Waals surface area contributed by atoms with Gasteiger partial charge >= 0.3 is 5.97 Å². The van der Waals surface area contributed by atoms with Gasteiger partial charge < -0.3 is 9.64 Å². The van der Waals surface area contributed by atoms with Crippen LogP contribution >= 0.6 is 11.8 Å². The maximum atomic E-state index is 13.4. The summed E-state index contributed by atoms with van der Waals surface area (Å²) in [5, 5.41) is 4.96. The molecule has 1 fully saturated rings. The highest BCUT2D eigenvalue weighted by atomic mass is 32.2. The number of amides is 1. The Morgan fingerprint density at radius 1 is 1.29 bits per heavy atom. The van der Waals surface area contributed by atoms with Crippen LogP contribution in [-0.4, -0.2) is 73.2 Å². The number of carbonyl (C=O) groups is 2. The van der Waals surface area contributed by atoms with Crippen molar-refractivity contribution in [1.29, 1.82) is 0 Å². The van der Waals surface area contributed by atoms with Crippen LogP contribution in [0.1, 0.15) is 13.3 Å². The molecule has 2 heterocycles. The minimum absolute atomic E-state index is 0.0761. The Kier molecular flexibility index (Phi) is 6.29. The predicted molar refractivity (Wildman–Crippen MR) is 109 cm³/mol. The van der Waals surface area contributed by atoms with E-state index in [2.05, 4.69) is 5.10 Å². The zero-order valence-corrected chi connectivity index (χ0v) is 17.4. The van der Waals surface area contributed by atoms with Crippen LogP contribution in [-0.2, 0) is 24.2 Å². The van der Waals surface area contributed by atoms with E-state index in [0.29, 0.717) is 23.7 Å². The number of anilines is 1. The van der Waals surface area contributed by atoms with Crippen molar-refractivity contribution < 1.29 is 22.7 Å². The second-order valence-electron chi connectivity index (χ2n) is 6.56. The summed E-state index contributed by atoms with van der Waals surface area (Å²) in [5.41, 5.74) is 0.814. The number of hydrogen-bond donors (Lipinski definition) is 0. The van der Waals surface area contributed by atoms with Crippen LogP contribution in [0.4, 0.5) is 5.69 Å². The van der Waals surface area contributed by atoms with E-state index >= 15 is 0 Å². The monoisotopic (exact) mass is 425 g/mol. The van der Waals surface area contributed by atoms with Crippen molar-refractivity contribution in [3.8, 4) is 0 Å². The average Bonchev–Trinajstić information content (AvgIpc) is 3.13. The molecule has 2 atom stereocenters. The Morgan fingerprint density at radius 2 is 2.00 bits per heavy atom. The number of esters is 1. The van der Waals surface area contributed by atoms with Gasteiger partial charge in [-0.15, -0.1) is 0 Å². The molecule has 2 aliphatic rings. The van der Waals surface area contributed by atoms with Crippen molar-refractivity contribution in [2.45, 2.75) is 24.8 Å². The molecule has 0 unspecified atom stereocenters. The van der Waals surface area contributed by atoms with E-state index in [1.165, 1.54) is 21.7 Å². The Morgan fingerprint density at radius 3 is 2.64 bits per heavy atom. The molecule has 8 nitrogen and oxygen atoms in total. The van der Waals surface area contributed by atoms with Crippen molar-refractivity contribution in [3.63, 3.8) is 0 Å². The van der Waals surface area contributed by atoms with Gasteiger partial charge in [-0.25, -0.2) is 13.2 Å². The standard InChI is InChI=1S/C18H23N3O5S2/c1-3-26-18(23)14-11-15(21(19-14)13-7-5-4-6-8-13)17(22)20-9-10-27-12-16(20)28(2,24)25/h4-8,15-16H,3,9-12H2,1-2H3/t15-,16-/m1/s1. The van der Waals surface area contributed by atoms with Crippen molar-refractivity contribution >= 4 is 44.9 Å². The molecule has 0 N–H and O–H groups in total. The van der Waals surface area contributed by atoms with Crippen molar-refractivity contribution in [1.82, 2.24) is 4.90 Å². The van der Waals surface area contributed by atoms with Gasteiger partial charge in [0.25, 0.3) is 0 Å². The van der Waals surface area contributed by atoms with Gasteiger partial charge in [0, 0.05) is 30.7 Å². The van der Waals surface area contributed by atoms with E-state index < -0.39 is 27.2 Å². The quantitative estimate of drug-likeness (QED) is 0.653. The first-order valence-corrected chi connectivity index (χ1v) is 12.1. The molecule has 152 valence electrons. The smallest absolute Gasteiger partial charge is 0.354 e. The molecule has 0 spiro atoms. The SMILES string of the molecule is CCOC(=O)C1=NN(c2ccccc2)[C@@H](C(=O)N2CCSC[C@H]2S(C)(=O)=O)C1. The lowest BCUT2D eigenvalue weighted by Crippen LogP contribution is -2.55. The van der Waals surface area contributed by atoms with Crippen LogP contribution in [0.3, 0.4) is 0 Å². The van der Waals surface area contributed by atoms with Gasteiger partial charge in [0.1, 0.15) is 17.1 Å². The van der Waals surface area contributed by atoms with Gasteiger partial charge in [0.15, 0.2) is 9.84 Å². The molecule has 0 aliphatic carbocycles. The first kappa shape index (κ1) is 20.7. The van der Waals surface area contributed by atoms with E-state index in [9.17, 15) is 18.0 Å². The Hall–Kier alpha value is -2.07. The summed E-state index contributed by atoms with van der Waals surface area (Å²) in [6.07, 6.45) is 1.22. The minimum atomic E-state index is -3.43. The molecule has 28 heavy (non-hydrogen) atoms. The molecule has 0 saturated carbocycles. The first-order valence-electron chi connectivity index (χ1n) is 8.99. The fourth-order valence-corrected chi connectivity index (χ4v) is 6.06. The third kappa shape index (κ3) is 4.33. The molecule has 0 aromatic heterocycles. The largest absolute Gasteiger partial charge is 0.461 e. The van der Waals surface area contributed by atoms with Gasteiger partial charge in [-0.1, -0.05) is 18.2 Å². The maximum absolute atomic E-state index is 13.4. The number of sulfone groups is 1. The van der Waals surface area contributed by atoms with E-state index in [1.54, 1.807) is 19.1 Å². The van der Waals surface area contributed by atoms with E-state index in [-0.39, 0.29) is 24.6 Å². The molecular weight excluding hydrogens is 402 g/mol. The van der Waals surface area contributed by atoms with Gasteiger partial charge in [0.2, 0.25) is 5.91 Å². The Bertz CT molecular complexity index is 872. The second-order valence-corrected chi connectivity index (χ2v) is 9.91. The van der Waals surface area contributed by atoms with Crippen LogP contribution in [0.25, 0.3) is 0 Å². The number of thioether (sulfide) groups is 1. The highest BCUT2D eigenvalue weighted by Gasteiger charge is 2.43. The van der Waals surface area contributed by atoms with Gasteiger partial charge in [-0.3, -0.25) is 9.80 Å². The summed E-state index contributed by atoms with van der Waals surface area (Å²) in [6, 6.07) is 8.26. The second kappa shape index (κ2) is 8.52. The molecule has 1 amide bonds. The van der Waals surface area contributed by atoms with E-state index in [0.717, 1.165) is 6.26 Å². The third-order valence-corrected chi connectivity index (χ3v) is 7.23. The molecular formula is C18H23N3O5S2. The average molecular weight is 426 g/mol. The summed E-state index contributed by atoms with van der Waals surface area (Å²) in [6.45, 7) is 2.25. The van der Waals surface area contributed by atoms with Crippen LogP contribution in [0.5, 0.6) is 0 Å². The number of benzene rings is 1. The van der Waals surface area contributed by atoms with Gasteiger partial charge in [-0.2, -0.15) is 16.9 Å². The first-order chi connectivity index (χ1) is 13.3. The molecule has 0 bridgehead atoms. The zero-order valence-electron chi connectivity index (χ0n) is 15.8. The molecule has 10 heteroatoms. The third-order valence-electron chi connectivity index (χ3n) is 4.59. The molecule has 0 radical (unpaired) electrons. The highest BCUT2D eigenvalue weighted by Crippen LogP contribution is 2.29. The number of ether oxygens (including phenoxy) is 1. The number of nitrogens with zero attached hydrogens (tertiary/aromatic N) is 3. The van der Waals surface area contributed by atoms with Gasteiger partial charge in [-0.05, 0) is 19.1 Å². The number of hydrazone groups is 1. The van der Waals surface area contributed by atoms with Crippen molar-refractivity contribution in [3.05, 3.63) is 30.3 Å². The lowest BCUT2D eigenvalue weighted by molar-refractivity contribution is -0.135.